The fraction of sp³-hybridized carbons (Fsp3) is 0.250. The number of ether oxygens (including phenoxy) is 1. The molecule has 4 nitrogen and oxygen atoms in total. The first-order valence-electron chi connectivity index (χ1n) is 6.69. The summed E-state index contributed by atoms with van der Waals surface area (Å²) < 4.78 is 5.88. The Morgan fingerprint density at radius 2 is 2.05 bits per heavy atom. The van der Waals surface area contributed by atoms with Crippen LogP contribution in [-0.4, -0.2) is 24.0 Å². The molecule has 0 radical (unpaired) electrons. The van der Waals surface area contributed by atoms with Crippen molar-refractivity contribution in [2.75, 3.05) is 13.2 Å². The van der Waals surface area contributed by atoms with Crippen LogP contribution < -0.4 is 5.32 Å². The first kappa shape index (κ1) is 15.5. The van der Waals surface area contributed by atoms with Gasteiger partial charge in [-0.3, -0.25) is 9.78 Å². The minimum Gasteiger partial charge on any atom is -0.365 e. The molecule has 1 amide bonds. The molecule has 1 atom stereocenters. The van der Waals surface area contributed by atoms with Crippen LogP contribution in [0, 0.1) is 0 Å². The largest absolute Gasteiger partial charge is 0.365 e. The Balaban J connectivity index is 2.11. The maximum absolute atomic E-state index is 10.9. The van der Waals surface area contributed by atoms with Gasteiger partial charge < -0.3 is 10.1 Å². The number of halogens is 1. The number of benzene rings is 1. The molecule has 1 aromatic heterocycles. The lowest BCUT2D eigenvalue weighted by atomic mass is 10.1. The molecule has 2 rings (SSSR count). The molecule has 2 aromatic rings. The number of rotatable bonds is 6. The van der Waals surface area contributed by atoms with E-state index in [9.17, 15) is 4.79 Å². The summed E-state index contributed by atoms with van der Waals surface area (Å²) in [6.45, 7) is 2.35. The van der Waals surface area contributed by atoms with Gasteiger partial charge in [0.25, 0.3) is 0 Å². The van der Waals surface area contributed by atoms with Crippen molar-refractivity contribution in [3.63, 3.8) is 0 Å². The summed E-state index contributed by atoms with van der Waals surface area (Å²) in [6, 6.07) is 13.2. The Morgan fingerprint density at radius 3 is 2.67 bits per heavy atom. The highest BCUT2D eigenvalue weighted by atomic mass is 35.5. The van der Waals surface area contributed by atoms with Crippen LogP contribution in [0.5, 0.6) is 0 Å². The number of nitrogens with zero attached hydrogens (tertiary/aromatic N) is 1. The maximum atomic E-state index is 10.9. The monoisotopic (exact) mass is 304 g/mol. The normalized spacial score (nSPS) is 11.9. The van der Waals surface area contributed by atoms with Gasteiger partial charge in [0.2, 0.25) is 5.91 Å². The number of nitrogens with one attached hydrogen (secondary N) is 1. The molecular formula is C16H17ClN2O2. The van der Waals surface area contributed by atoms with E-state index in [2.05, 4.69) is 10.3 Å². The van der Waals surface area contributed by atoms with Crippen molar-refractivity contribution in [2.24, 2.45) is 0 Å². The van der Waals surface area contributed by atoms with E-state index in [1.807, 2.05) is 42.5 Å². The summed E-state index contributed by atoms with van der Waals surface area (Å²) in [5, 5.41) is 3.39. The number of hydrogen-bond donors (Lipinski definition) is 1. The minimum atomic E-state index is -0.280. The average molecular weight is 305 g/mol. The fourth-order valence-electron chi connectivity index (χ4n) is 1.92. The summed E-state index contributed by atoms with van der Waals surface area (Å²) in [7, 11) is 0. The lowest BCUT2D eigenvalue weighted by Gasteiger charge is -2.18. The van der Waals surface area contributed by atoms with Crippen molar-refractivity contribution >= 4 is 17.5 Å². The third-order valence-corrected chi connectivity index (χ3v) is 3.14. The number of carbonyl (C=O) groups excluding carboxylic acids is 1. The van der Waals surface area contributed by atoms with Crippen LogP contribution in [0.25, 0.3) is 0 Å². The standard InChI is InChI=1S/C16H17ClN2O2/c1-12(20)18-10-11-21-16(15-4-2-3-9-19-15)13-5-7-14(17)8-6-13/h2-9,16H,10-11H2,1H3,(H,18,20). The molecule has 0 aliphatic carbocycles. The molecule has 5 heteroatoms. The molecule has 0 aliphatic rings. The fourth-order valence-corrected chi connectivity index (χ4v) is 2.05. The van der Waals surface area contributed by atoms with Gasteiger partial charge in [-0.2, -0.15) is 0 Å². The minimum absolute atomic E-state index is 0.0699. The highest BCUT2D eigenvalue weighted by Crippen LogP contribution is 2.25. The van der Waals surface area contributed by atoms with Crippen LogP contribution in [0.4, 0.5) is 0 Å². The molecule has 0 aliphatic heterocycles. The summed E-state index contributed by atoms with van der Waals surface area (Å²) >= 11 is 5.92. The van der Waals surface area contributed by atoms with Crippen molar-refractivity contribution in [2.45, 2.75) is 13.0 Å². The second kappa shape index (κ2) is 7.76. The first-order chi connectivity index (χ1) is 10.2. The van der Waals surface area contributed by atoms with Crippen molar-refractivity contribution in [1.29, 1.82) is 0 Å². The van der Waals surface area contributed by atoms with Gasteiger partial charge in [0, 0.05) is 24.7 Å². The molecule has 0 saturated carbocycles. The molecule has 1 heterocycles. The van der Waals surface area contributed by atoms with Crippen molar-refractivity contribution in [1.82, 2.24) is 10.3 Å². The van der Waals surface area contributed by atoms with Gasteiger partial charge in [-0.15, -0.1) is 0 Å². The zero-order chi connectivity index (χ0) is 15.1. The van der Waals surface area contributed by atoms with E-state index in [4.69, 9.17) is 16.3 Å². The van der Waals surface area contributed by atoms with E-state index in [0.29, 0.717) is 18.2 Å². The topological polar surface area (TPSA) is 51.2 Å². The van der Waals surface area contributed by atoms with Crippen LogP contribution in [0.1, 0.15) is 24.3 Å². The van der Waals surface area contributed by atoms with Crippen molar-refractivity contribution in [3.8, 4) is 0 Å². The third kappa shape index (κ3) is 4.85. The smallest absolute Gasteiger partial charge is 0.216 e. The van der Waals surface area contributed by atoms with Gasteiger partial charge in [0.05, 0.1) is 12.3 Å². The Labute approximate surface area is 129 Å². The van der Waals surface area contributed by atoms with Crippen LogP contribution in [0.15, 0.2) is 48.7 Å². The van der Waals surface area contributed by atoms with E-state index in [1.165, 1.54) is 6.92 Å². The van der Waals surface area contributed by atoms with Crippen molar-refractivity contribution < 1.29 is 9.53 Å². The molecule has 110 valence electrons. The van der Waals surface area contributed by atoms with Gasteiger partial charge in [-0.05, 0) is 29.8 Å². The van der Waals surface area contributed by atoms with Crippen molar-refractivity contribution in [3.05, 3.63) is 64.9 Å². The molecule has 0 saturated heterocycles. The van der Waals surface area contributed by atoms with Gasteiger partial charge in [-0.25, -0.2) is 0 Å². The molecule has 1 unspecified atom stereocenters. The molecule has 0 fully saturated rings. The second-order valence-corrected chi connectivity index (χ2v) is 4.98. The third-order valence-electron chi connectivity index (χ3n) is 2.89. The predicted molar refractivity (Wildman–Crippen MR) is 82.2 cm³/mol. The van der Waals surface area contributed by atoms with Gasteiger partial charge in [0.1, 0.15) is 6.10 Å². The molecular weight excluding hydrogens is 288 g/mol. The predicted octanol–water partition coefficient (Wildman–Crippen LogP) is 2.98. The number of hydrogen-bond acceptors (Lipinski definition) is 3. The van der Waals surface area contributed by atoms with Crippen LogP contribution in [0.2, 0.25) is 5.02 Å². The van der Waals surface area contributed by atoms with Gasteiger partial charge >= 0.3 is 0 Å². The van der Waals surface area contributed by atoms with E-state index in [0.717, 1.165) is 11.3 Å². The summed E-state index contributed by atoms with van der Waals surface area (Å²) in [6.07, 6.45) is 1.45. The van der Waals surface area contributed by atoms with E-state index < -0.39 is 0 Å². The molecule has 0 spiro atoms. The Kier molecular flexibility index (Phi) is 5.72. The summed E-state index contributed by atoms with van der Waals surface area (Å²) in [5.74, 6) is -0.0699. The SMILES string of the molecule is CC(=O)NCCOC(c1ccc(Cl)cc1)c1ccccn1. The molecule has 0 bridgehead atoms. The highest BCUT2D eigenvalue weighted by molar-refractivity contribution is 6.30. The van der Waals surface area contributed by atoms with Gasteiger partial charge in [-0.1, -0.05) is 29.8 Å². The average Bonchev–Trinajstić information content (AvgIpc) is 2.49. The molecule has 1 aromatic carbocycles. The maximum Gasteiger partial charge on any atom is 0.216 e. The molecule has 21 heavy (non-hydrogen) atoms. The Hall–Kier alpha value is -1.91. The zero-order valence-corrected chi connectivity index (χ0v) is 12.5. The van der Waals surface area contributed by atoms with E-state index in [-0.39, 0.29) is 12.0 Å². The number of amides is 1. The number of aromatic nitrogens is 1. The highest BCUT2D eigenvalue weighted by Gasteiger charge is 2.15. The number of pyridine rings is 1. The Morgan fingerprint density at radius 1 is 1.29 bits per heavy atom. The first-order valence-corrected chi connectivity index (χ1v) is 7.07. The lowest BCUT2D eigenvalue weighted by Crippen LogP contribution is -2.25. The Bertz CT molecular complexity index is 573. The quantitative estimate of drug-likeness (QED) is 0.835. The van der Waals surface area contributed by atoms with Gasteiger partial charge in [0.15, 0.2) is 0 Å². The zero-order valence-electron chi connectivity index (χ0n) is 11.8. The second-order valence-electron chi connectivity index (χ2n) is 4.54. The van der Waals surface area contributed by atoms with E-state index >= 15 is 0 Å². The van der Waals surface area contributed by atoms with Crippen LogP contribution >= 0.6 is 11.6 Å². The summed E-state index contributed by atoms with van der Waals surface area (Å²) in [5.41, 5.74) is 1.79. The van der Waals surface area contributed by atoms with Crippen LogP contribution in [0.3, 0.4) is 0 Å². The lowest BCUT2D eigenvalue weighted by molar-refractivity contribution is -0.119. The van der Waals surface area contributed by atoms with E-state index in [1.54, 1.807) is 6.20 Å². The van der Waals surface area contributed by atoms with Crippen LogP contribution in [-0.2, 0) is 9.53 Å². The molecule has 1 N–H and O–H groups in total. The number of carbonyl (C=O) groups is 1. The summed E-state index contributed by atoms with van der Waals surface area (Å²) in [4.78, 5) is 15.2.